The molecular weight excluding hydrogens is 314 g/mol. The lowest BCUT2D eigenvalue weighted by Crippen LogP contribution is -2.23. The lowest BCUT2D eigenvalue weighted by molar-refractivity contribution is -0.121. The van der Waals surface area contributed by atoms with Crippen molar-refractivity contribution in [2.45, 2.75) is 6.54 Å². The van der Waals surface area contributed by atoms with E-state index in [2.05, 4.69) is 36.5 Å². The number of hydrogen-bond donors (Lipinski definition) is 2. The monoisotopic (exact) mass is 323 g/mol. The van der Waals surface area contributed by atoms with Gasteiger partial charge in [-0.05, 0) is 18.2 Å². The molecule has 1 aromatic heterocycles. The number of phenols is 1. The normalized spacial score (nSPS) is 10.8. The molecule has 98 valence electrons. The molecule has 0 spiro atoms. The van der Waals surface area contributed by atoms with Crippen LogP contribution in [0.5, 0.6) is 5.75 Å². The van der Waals surface area contributed by atoms with E-state index in [0.29, 0.717) is 5.56 Å². The Morgan fingerprint density at radius 1 is 1.58 bits per heavy atom. The second kappa shape index (κ2) is 6.10. The Bertz CT molecular complexity index is 597. The second-order valence-electron chi connectivity index (χ2n) is 3.59. The van der Waals surface area contributed by atoms with Crippen LogP contribution in [0.15, 0.2) is 40.4 Å². The predicted octanol–water partition coefficient (Wildman–Crippen LogP) is 0.897. The number of carbonyl (C=O) groups excluding carboxylic acids is 1. The number of hydrazone groups is 1. The smallest absolute Gasteiger partial charge is 0.261 e. The number of nitrogens with one attached hydrogen (secondary N) is 1. The van der Waals surface area contributed by atoms with E-state index in [1.54, 1.807) is 12.1 Å². The minimum atomic E-state index is -0.337. The van der Waals surface area contributed by atoms with Gasteiger partial charge in [0.2, 0.25) is 0 Å². The summed E-state index contributed by atoms with van der Waals surface area (Å²) in [6.07, 6.45) is 4.14. The van der Waals surface area contributed by atoms with Gasteiger partial charge in [-0.15, -0.1) is 0 Å². The van der Waals surface area contributed by atoms with Crippen LogP contribution in [-0.4, -0.2) is 32.0 Å². The van der Waals surface area contributed by atoms with Gasteiger partial charge in [0.05, 0.1) is 6.21 Å². The van der Waals surface area contributed by atoms with Crippen molar-refractivity contribution < 1.29 is 9.90 Å². The molecule has 1 aromatic carbocycles. The standard InChI is InChI=1S/C11H10BrN5O2/c12-9-1-2-10(18)8(3-9)4-14-16-11(19)5-17-7-13-6-15-17/h1-4,6-7,18H,5H2,(H,16,19)/b14-4-. The van der Waals surface area contributed by atoms with Gasteiger partial charge in [-0.2, -0.15) is 10.2 Å². The fourth-order valence-electron chi connectivity index (χ4n) is 1.30. The molecule has 0 radical (unpaired) electrons. The summed E-state index contributed by atoms with van der Waals surface area (Å²) < 4.78 is 2.18. The molecule has 0 atom stereocenters. The van der Waals surface area contributed by atoms with Crippen molar-refractivity contribution >= 4 is 28.1 Å². The van der Waals surface area contributed by atoms with Crippen LogP contribution in [0.25, 0.3) is 0 Å². The molecule has 2 aromatic rings. The fourth-order valence-corrected chi connectivity index (χ4v) is 1.68. The van der Waals surface area contributed by atoms with Crippen molar-refractivity contribution in [2.24, 2.45) is 5.10 Å². The predicted molar refractivity (Wildman–Crippen MR) is 71.6 cm³/mol. The second-order valence-corrected chi connectivity index (χ2v) is 4.51. The van der Waals surface area contributed by atoms with E-state index in [1.165, 1.54) is 29.6 Å². The molecule has 0 aliphatic heterocycles. The summed E-state index contributed by atoms with van der Waals surface area (Å²) in [6, 6.07) is 4.92. The van der Waals surface area contributed by atoms with Crippen molar-refractivity contribution in [3.05, 3.63) is 40.9 Å². The number of aromatic nitrogens is 3. The van der Waals surface area contributed by atoms with Gasteiger partial charge in [0.25, 0.3) is 5.91 Å². The van der Waals surface area contributed by atoms with Crippen molar-refractivity contribution in [1.82, 2.24) is 20.2 Å². The highest BCUT2D eigenvalue weighted by molar-refractivity contribution is 9.10. The zero-order valence-corrected chi connectivity index (χ0v) is 11.3. The molecule has 8 heteroatoms. The third-order valence-electron chi connectivity index (χ3n) is 2.15. The lowest BCUT2D eigenvalue weighted by atomic mass is 10.2. The first kappa shape index (κ1) is 13.2. The van der Waals surface area contributed by atoms with Crippen molar-refractivity contribution in [3.8, 4) is 5.75 Å². The summed E-state index contributed by atoms with van der Waals surface area (Å²) in [5.41, 5.74) is 2.83. The van der Waals surface area contributed by atoms with Gasteiger partial charge in [0, 0.05) is 10.0 Å². The molecule has 0 unspecified atom stereocenters. The summed E-state index contributed by atoms with van der Waals surface area (Å²) in [6.45, 7) is 0.0296. The largest absolute Gasteiger partial charge is 0.507 e. The molecule has 19 heavy (non-hydrogen) atoms. The van der Waals surface area contributed by atoms with Crippen LogP contribution in [0.2, 0.25) is 0 Å². The van der Waals surface area contributed by atoms with Crippen molar-refractivity contribution in [2.75, 3.05) is 0 Å². The number of rotatable bonds is 4. The summed E-state index contributed by atoms with van der Waals surface area (Å²) in [4.78, 5) is 15.2. The average Bonchev–Trinajstić information content (AvgIpc) is 2.86. The summed E-state index contributed by atoms with van der Waals surface area (Å²) in [5, 5.41) is 17.1. The summed E-state index contributed by atoms with van der Waals surface area (Å²) >= 11 is 3.28. The number of amides is 1. The molecular formula is C11H10BrN5O2. The number of aromatic hydroxyl groups is 1. The molecule has 0 aliphatic carbocycles. The van der Waals surface area contributed by atoms with Gasteiger partial charge in [0.1, 0.15) is 24.9 Å². The van der Waals surface area contributed by atoms with Gasteiger partial charge >= 0.3 is 0 Å². The number of benzene rings is 1. The van der Waals surface area contributed by atoms with Crippen LogP contribution in [0.1, 0.15) is 5.56 Å². The Morgan fingerprint density at radius 2 is 2.42 bits per heavy atom. The number of halogens is 1. The molecule has 0 aliphatic rings. The molecule has 2 N–H and O–H groups in total. The first-order chi connectivity index (χ1) is 9.15. The highest BCUT2D eigenvalue weighted by Gasteiger charge is 2.02. The third kappa shape index (κ3) is 3.88. The Morgan fingerprint density at radius 3 is 3.16 bits per heavy atom. The zero-order chi connectivity index (χ0) is 13.7. The third-order valence-corrected chi connectivity index (χ3v) is 2.65. The van der Waals surface area contributed by atoms with Crippen LogP contribution in [-0.2, 0) is 11.3 Å². The minimum Gasteiger partial charge on any atom is -0.507 e. The SMILES string of the molecule is O=C(Cn1cncn1)N/N=C\c1cc(Br)ccc1O. The van der Waals surface area contributed by atoms with Gasteiger partial charge < -0.3 is 5.11 Å². The number of carbonyl (C=O) groups is 1. The minimum absolute atomic E-state index is 0.0296. The first-order valence-corrected chi connectivity index (χ1v) is 6.07. The fraction of sp³-hybridized carbons (Fsp3) is 0.0909. The number of phenolic OH excluding ortho intramolecular Hbond substituents is 1. The zero-order valence-electron chi connectivity index (χ0n) is 9.69. The maximum absolute atomic E-state index is 11.5. The Kier molecular flexibility index (Phi) is 4.24. The maximum Gasteiger partial charge on any atom is 0.261 e. The molecule has 7 nitrogen and oxygen atoms in total. The van der Waals surface area contributed by atoms with Crippen LogP contribution in [0.3, 0.4) is 0 Å². The van der Waals surface area contributed by atoms with E-state index in [0.717, 1.165) is 4.47 Å². The Hall–Kier alpha value is -2.22. The van der Waals surface area contributed by atoms with Gasteiger partial charge in [-0.3, -0.25) is 4.79 Å². The molecule has 0 fully saturated rings. The van der Waals surface area contributed by atoms with E-state index < -0.39 is 0 Å². The molecule has 0 bridgehead atoms. The van der Waals surface area contributed by atoms with Crippen LogP contribution < -0.4 is 5.43 Å². The lowest BCUT2D eigenvalue weighted by Gasteiger charge is -2.01. The van der Waals surface area contributed by atoms with Gasteiger partial charge in [-0.1, -0.05) is 15.9 Å². The number of nitrogens with zero attached hydrogens (tertiary/aromatic N) is 4. The van der Waals surface area contributed by atoms with Gasteiger partial charge in [-0.25, -0.2) is 15.1 Å². The maximum atomic E-state index is 11.5. The molecule has 1 amide bonds. The van der Waals surface area contributed by atoms with E-state index in [4.69, 9.17) is 0 Å². The highest BCUT2D eigenvalue weighted by Crippen LogP contribution is 2.19. The van der Waals surface area contributed by atoms with Crippen LogP contribution >= 0.6 is 15.9 Å². The molecule has 0 saturated carbocycles. The molecule has 2 rings (SSSR count). The molecule has 0 saturated heterocycles. The summed E-state index contributed by atoms with van der Waals surface area (Å²) in [5.74, 6) is -0.256. The van der Waals surface area contributed by atoms with E-state index >= 15 is 0 Å². The van der Waals surface area contributed by atoms with Crippen LogP contribution in [0, 0.1) is 0 Å². The Balaban J connectivity index is 1.92. The van der Waals surface area contributed by atoms with Crippen molar-refractivity contribution in [3.63, 3.8) is 0 Å². The number of hydrogen-bond acceptors (Lipinski definition) is 5. The van der Waals surface area contributed by atoms with E-state index in [9.17, 15) is 9.90 Å². The van der Waals surface area contributed by atoms with Crippen LogP contribution in [0.4, 0.5) is 0 Å². The van der Waals surface area contributed by atoms with Crippen molar-refractivity contribution in [1.29, 1.82) is 0 Å². The van der Waals surface area contributed by atoms with E-state index in [1.807, 2.05) is 0 Å². The first-order valence-electron chi connectivity index (χ1n) is 5.28. The van der Waals surface area contributed by atoms with E-state index in [-0.39, 0.29) is 18.2 Å². The topological polar surface area (TPSA) is 92.4 Å². The average molecular weight is 324 g/mol. The highest BCUT2D eigenvalue weighted by atomic mass is 79.9. The van der Waals surface area contributed by atoms with Gasteiger partial charge in [0.15, 0.2) is 0 Å². The molecule has 1 heterocycles. The Labute approximate surface area is 117 Å². The quantitative estimate of drug-likeness (QED) is 0.645. The summed E-state index contributed by atoms with van der Waals surface area (Å²) in [7, 11) is 0.